The summed E-state index contributed by atoms with van der Waals surface area (Å²) in [4.78, 5) is 26.1. The number of nitrogens with zero attached hydrogens (tertiary/aromatic N) is 1. The van der Waals surface area contributed by atoms with Crippen LogP contribution in [0.1, 0.15) is 43.5 Å². The molecule has 23 heavy (non-hydrogen) atoms. The van der Waals surface area contributed by atoms with Crippen molar-refractivity contribution in [1.82, 2.24) is 5.32 Å². The van der Waals surface area contributed by atoms with E-state index in [1.54, 1.807) is 26.0 Å². The van der Waals surface area contributed by atoms with E-state index < -0.39 is 23.2 Å². The third kappa shape index (κ3) is 3.63. The summed E-state index contributed by atoms with van der Waals surface area (Å²) in [5.74, 6) is -1.44. The highest BCUT2D eigenvalue weighted by molar-refractivity contribution is 5.98. The molecule has 0 bridgehead atoms. The van der Waals surface area contributed by atoms with Gasteiger partial charge in [0.2, 0.25) is 0 Å². The van der Waals surface area contributed by atoms with Crippen LogP contribution in [0.5, 0.6) is 0 Å². The van der Waals surface area contributed by atoms with Gasteiger partial charge in [0.05, 0.1) is 12.8 Å². The summed E-state index contributed by atoms with van der Waals surface area (Å²) < 4.78 is 19.0. The molecule has 0 aromatic heterocycles. The molecule has 0 unspecified atom stereocenters. The first-order valence-electron chi connectivity index (χ1n) is 7.86. The topological polar surface area (TPSA) is 58.6 Å². The van der Waals surface area contributed by atoms with Gasteiger partial charge in [-0.2, -0.15) is 0 Å². The third-order valence-electron chi connectivity index (χ3n) is 4.39. The van der Waals surface area contributed by atoms with E-state index in [1.165, 1.54) is 13.2 Å². The van der Waals surface area contributed by atoms with Crippen LogP contribution in [0.15, 0.2) is 18.2 Å². The molecule has 1 aromatic rings. The quantitative estimate of drug-likeness (QED) is 0.846. The Morgan fingerprint density at radius 2 is 2.00 bits per heavy atom. The van der Waals surface area contributed by atoms with Crippen molar-refractivity contribution in [1.29, 1.82) is 0 Å². The number of rotatable bonds is 5. The number of carbonyl (C=O) groups is 2. The zero-order valence-corrected chi connectivity index (χ0v) is 13.8. The number of methoxy groups -OCH3 is 1. The van der Waals surface area contributed by atoms with Crippen LogP contribution in [0.25, 0.3) is 0 Å². The molecule has 1 saturated heterocycles. The lowest BCUT2D eigenvalue weighted by Crippen LogP contribution is -2.52. The number of anilines is 1. The smallest absolute Gasteiger partial charge is 0.331 e. The SMILES string of the molecule is CC[C@](C)(NC(=O)c1ccc(N2CCCC2)c(F)c1)C(=O)OC. The highest BCUT2D eigenvalue weighted by atomic mass is 19.1. The molecule has 0 saturated carbocycles. The van der Waals surface area contributed by atoms with Crippen molar-refractivity contribution in [3.05, 3.63) is 29.6 Å². The predicted molar refractivity (Wildman–Crippen MR) is 86.0 cm³/mol. The lowest BCUT2D eigenvalue weighted by molar-refractivity contribution is -0.147. The molecule has 1 aromatic carbocycles. The second-order valence-electron chi connectivity index (χ2n) is 5.99. The first-order valence-corrected chi connectivity index (χ1v) is 7.86. The van der Waals surface area contributed by atoms with E-state index in [1.807, 2.05) is 4.90 Å². The van der Waals surface area contributed by atoms with Crippen LogP contribution in [0, 0.1) is 5.82 Å². The van der Waals surface area contributed by atoms with Gasteiger partial charge in [0.25, 0.3) is 5.91 Å². The number of nitrogens with one attached hydrogen (secondary N) is 1. The van der Waals surface area contributed by atoms with Gasteiger partial charge in [0.15, 0.2) is 0 Å². The van der Waals surface area contributed by atoms with Gasteiger partial charge in [-0.1, -0.05) is 6.92 Å². The summed E-state index contributed by atoms with van der Waals surface area (Å²) in [5.41, 5.74) is -0.421. The zero-order chi connectivity index (χ0) is 17.0. The van der Waals surface area contributed by atoms with Crippen molar-refractivity contribution in [2.45, 2.75) is 38.6 Å². The van der Waals surface area contributed by atoms with Gasteiger partial charge >= 0.3 is 5.97 Å². The molecule has 6 heteroatoms. The first-order chi connectivity index (χ1) is 10.9. The van der Waals surface area contributed by atoms with E-state index >= 15 is 0 Å². The fourth-order valence-corrected chi connectivity index (χ4v) is 2.69. The lowest BCUT2D eigenvalue weighted by atomic mass is 9.98. The minimum absolute atomic E-state index is 0.189. The second-order valence-corrected chi connectivity index (χ2v) is 5.99. The molecule has 126 valence electrons. The number of hydrogen-bond donors (Lipinski definition) is 1. The Morgan fingerprint density at radius 1 is 1.35 bits per heavy atom. The summed E-state index contributed by atoms with van der Waals surface area (Å²) in [6, 6.07) is 4.42. The molecule has 1 N–H and O–H groups in total. The summed E-state index contributed by atoms with van der Waals surface area (Å²) in [7, 11) is 1.27. The molecule has 1 atom stereocenters. The third-order valence-corrected chi connectivity index (χ3v) is 4.39. The molecule has 1 heterocycles. The number of benzene rings is 1. The molecule has 5 nitrogen and oxygen atoms in total. The van der Waals surface area contributed by atoms with Gasteiger partial charge in [-0.05, 0) is 44.4 Å². The fourth-order valence-electron chi connectivity index (χ4n) is 2.69. The Labute approximate surface area is 135 Å². The molecule has 0 aliphatic carbocycles. The van der Waals surface area contributed by atoms with Gasteiger partial charge in [0, 0.05) is 18.7 Å². The molecule has 1 aliphatic rings. The molecule has 1 amide bonds. The highest BCUT2D eigenvalue weighted by Gasteiger charge is 2.34. The van der Waals surface area contributed by atoms with E-state index in [-0.39, 0.29) is 5.56 Å². The van der Waals surface area contributed by atoms with Crippen molar-refractivity contribution < 1.29 is 18.7 Å². The summed E-state index contributed by atoms with van der Waals surface area (Å²) in [6.07, 6.45) is 2.48. The Balaban J connectivity index is 2.16. The number of esters is 1. The fraction of sp³-hybridized carbons (Fsp3) is 0.529. The van der Waals surface area contributed by atoms with Gasteiger partial charge in [-0.25, -0.2) is 9.18 Å². The van der Waals surface area contributed by atoms with E-state index in [4.69, 9.17) is 4.74 Å². The number of ether oxygens (including phenoxy) is 1. The normalized spacial score (nSPS) is 16.8. The van der Waals surface area contributed by atoms with Crippen molar-refractivity contribution in [3.8, 4) is 0 Å². The maximum Gasteiger partial charge on any atom is 0.331 e. The van der Waals surface area contributed by atoms with Crippen LogP contribution in [0.2, 0.25) is 0 Å². The molecular weight excluding hydrogens is 299 g/mol. The van der Waals surface area contributed by atoms with E-state index in [0.29, 0.717) is 12.1 Å². The predicted octanol–water partition coefficient (Wildman–Crippen LogP) is 2.50. The summed E-state index contributed by atoms with van der Waals surface area (Å²) >= 11 is 0. The molecule has 1 fully saturated rings. The second kappa shape index (κ2) is 6.98. The highest BCUT2D eigenvalue weighted by Crippen LogP contribution is 2.24. The Morgan fingerprint density at radius 3 is 2.52 bits per heavy atom. The van der Waals surface area contributed by atoms with Crippen LogP contribution in [0.4, 0.5) is 10.1 Å². The van der Waals surface area contributed by atoms with Gasteiger partial charge in [-0.3, -0.25) is 4.79 Å². The van der Waals surface area contributed by atoms with Crippen LogP contribution >= 0.6 is 0 Å². The first kappa shape index (κ1) is 17.2. The van der Waals surface area contributed by atoms with Crippen molar-refractivity contribution in [3.63, 3.8) is 0 Å². The Bertz CT molecular complexity index is 600. The van der Waals surface area contributed by atoms with Crippen LogP contribution in [-0.4, -0.2) is 37.6 Å². The number of amides is 1. The largest absolute Gasteiger partial charge is 0.467 e. The van der Waals surface area contributed by atoms with E-state index in [0.717, 1.165) is 25.9 Å². The number of carbonyl (C=O) groups excluding carboxylic acids is 2. The molecular formula is C17H23FN2O3. The van der Waals surface area contributed by atoms with Crippen LogP contribution < -0.4 is 10.2 Å². The Hall–Kier alpha value is -2.11. The van der Waals surface area contributed by atoms with E-state index in [9.17, 15) is 14.0 Å². The summed E-state index contributed by atoms with van der Waals surface area (Å²) in [5, 5.41) is 2.63. The standard InChI is InChI=1S/C17H23FN2O3/c1-4-17(2,16(22)23-3)19-15(21)12-7-8-14(13(18)11-12)20-9-5-6-10-20/h7-8,11H,4-6,9-10H2,1-3H3,(H,19,21)/t17-/m0/s1. The van der Waals surface area contributed by atoms with Gasteiger partial charge in [0.1, 0.15) is 11.4 Å². The Kier molecular flexibility index (Phi) is 5.23. The average Bonchev–Trinajstić information content (AvgIpc) is 3.07. The van der Waals surface area contributed by atoms with Gasteiger partial charge < -0.3 is 15.0 Å². The van der Waals surface area contributed by atoms with Crippen molar-refractivity contribution >= 4 is 17.6 Å². The van der Waals surface area contributed by atoms with Gasteiger partial charge in [-0.15, -0.1) is 0 Å². The average molecular weight is 322 g/mol. The maximum atomic E-state index is 14.3. The minimum Gasteiger partial charge on any atom is -0.467 e. The number of hydrogen-bond acceptors (Lipinski definition) is 4. The lowest BCUT2D eigenvalue weighted by Gasteiger charge is -2.26. The number of halogens is 1. The molecule has 1 aliphatic heterocycles. The monoisotopic (exact) mass is 322 g/mol. The van der Waals surface area contributed by atoms with Crippen molar-refractivity contribution in [2.75, 3.05) is 25.1 Å². The molecule has 0 radical (unpaired) electrons. The molecule has 2 rings (SSSR count). The molecule has 0 spiro atoms. The van der Waals surface area contributed by atoms with Crippen LogP contribution in [-0.2, 0) is 9.53 Å². The summed E-state index contributed by atoms with van der Waals surface area (Å²) in [6.45, 7) is 5.03. The zero-order valence-electron chi connectivity index (χ0n) is 13.8. The van der Waals surface area contributed by atoms with Crippen LogP contribution in [0.3, 0.4) is 0 Å². The maximum absolute atomic E-state index is 14.3. The van der Waals surface area contributed by atoms with Crippen molar-refractivity contribution in [2.24, 2.45) is 0 Å². The minimum atomic E-state index is -1.13. The van der Waals surface area contributed by atoms with E-state index in [2.05, 4.69) is 5.32 Å².